The van der Waals surface area contributed by atoms with Crippen LogP contribution < -0.4 is 4.74 Å². The van der Waals surface area contributed by atoms with Crippen molar-refractivity contribution >= 4 is 11.8 Å². The van der Waals surface area contributed by atoms with E-state index in [0.717, 1.165) is 28.4 Å². The minimum Gasteiger partial charge on any atom is -0.493 e. The maximum absolute atomic E-state index is 14.0. The molecule has 0 bridgehead atoms. The van der Waals surface area contributed by atoms with E-state index in [9.17, 15) is 14.0 Å². The third-order valence-electron chi connectivity index (χ3n) is 6.49. The average molecular weight is 542 g/mol. The molecule has 0 N–H and O–H groups in total. The van der Waals surface area contributed by atoms with Crippen LogP contribution in [0.15, 0.2) is 96.8 Å². The smallest absolute Gasteiger partial charge is 0.172 e. The second-order valence-electron chi connectivity index (χ2n) is 9.33. The van der Waals surface area contributed by atoms with Crippen molar-refractivity contribution < 1.29 is 13.5 Å². The Labute approximate surface area is 229 Å². The molecule has 0 radical (unpaired) electrons. The fraction of sp³-hybridized carbons (Fsp3) is 0.167. The highest BCUT2D eigenvalue weighted by molar-refractivity contribution is 7.99. The van der Waals surface area contributed by atoms with Gasteiger partial charge in [0.25, 0.3) is 0 Å². The Morgan fingerprint density at radius 1 is 1.00 bits per heavy atom. The van der Waals surface area contributed by atoms with E-state index in [1.807, 2.05) is 59.5 Å². The van der Waals surface area contributed by atoms with Crippen molar-refractivity contribution in [2.75, 3.05) is 12.4 Å². The van der Waals surface area contributed by atoms with Crippen molar-refractivity contribution in [3.63, 3.8) is 0 Å². The summed E-state index contributed by atoms with van der Waals surface area (Å²) in [5.74, 6) is 0.485. The Morgan fingerprint density at radius 3 is 2.44 bits per heavy atom. The molecule has 0 atom stereocenters. The van der Waals surface area contributed by atoms with Gasteiger partial charge in [-0.15, -0.1) is 0 Å². The second-order valence-corrected chi connectivity index (χ2v) is 10.4. The molecule has 0 aliphatic heterocycles. The fourth-order valence-corrected chi connectivity index (χ4v) is 5.09. The summed E-state index contributed by atoms with van der Waals surface area (Å²) in [6, 6.07) is 20.4. The van der Waals surface area contributed by atoms with Crippen LogP contribution in [0, 0.1) is 23.0 Å². The number of ether oxygens (including phenoxy) is 1. The first-order chi connectivity index (χ1) is 18.9. The van der Waals surface area contributed by atoms with E-state index < -0.39 is 11.2 Å². The molecule has 2 aromatic heterocycles. The first-order valence-corrected chi connectivity index (χ1v) is 13.2. The van der Waals surface area contributed by atoms with Crippen LogP contribution in [0.2, 0.25) is 0 Å². The third kappa shape index (κ3) is 5.56. The van der Waals surface area contributed by atoms with Gasteiger partial charge in [-0.2, -0.15) is 5.26 Å². The van der Waals surface area contributed by atoms with Gasteiger partial charge in [-0.25, -0.2) is 18.7 Å². The lowest BCUT2D eigenvalue weighted by molar-refractivity contribution is 0.344. The molecule has 9 heteroatoms. The summed E-state index contributed by atoms with van der Waals surface area (Å²) in [4.78, 5) is 8.74. The lowest BCUT2D eigenvalue weighted by atomic mass is 9.81. The van der Waals surface area contributed by atoms with Crippen molar-refractivity contribution in [2.45, 2.75) is 24.4 Å². The lowest BCUT2D eigenvalue weighted by Gasteiger charge is -2.27. The zero-order valence-corrected chi connectivity index (χ0v) is 22.2. The van der Waals surface area contributed by atoms with Crippen molar-refractivity contribution in [3.8, 4) is 23.2 Å². The second kappa shape index (κ2) is 11.1. The number of hydrogen-bond donors (Lipinski definition) is 0. The highest BCUT2D eigenvalue weighted by atomic mass is 32.2. The standard InChI is InChI=1S/C30H25F2N5OS/c1-30(2,22-3-12-27(32)21(17-22)18-33)28-19-35-29(37(28)25-6-4-23(31)5-7-25)39-16-15-38-26-10-8-24(9-11-26)36-14-13-34-20-36/h3-14,17,19-20H,15-16H2,1-2H3. The predicted molar refractivity (Wildman–Crippen MR) is 147 cm³/mol. The summed E-state index contributed by atoms with van der Waals surface area (Å²) >= 11 is 1.52. The molecule has 0 aliphatic rings. The zero-order valence-electron chi connectivity index (χ0n) is 21.4. The van der Waals surface area contributed by atoms with Crippen LogP contribution in [0.4, 0.5) is 8.78 Å². The van der Waals surface area contributed by atoms with Crippen LogP contribution in [-0.2, 0) is 5.41 Å². The maximum atomic E-state index is 14.0. The van der Waals surface area contributed by atoms with Crippen LogP contribution in [0.5, 0.6) is 5.75 Å². The Kier molecular flexibility index (Phi) is 7.48. The molecule has 6 nitrogen and oxygen atoms in total. The fourth-order valence-electron chi connectivity index (χ4n) is 4.28. The van der Waals surface area contributed by atoms with Gasteiger partial charge in [-0.05, 0) is 66.2 Å². The topological polar surface area (TPSA) is 68.7 Å². The largest absolute Gasteiger partial charge is 0.493 e. The summed E-state index contributed by atoms with van der Waals surface area (Å²) in [7, 11) is 0. The third-order valence-corrected chi connectivity index (χ3v) is 7.40. The van der Waals surface area contributed by atoms with Gasteiger partial charge in [0.1, 0.15) is 23.5 Å². The molecule has 0 aliphatic carbocycles. The molecule has 0 fully saturated rings. The highest BCUT2D eigenvalue weighted by Gasteiger charge is 2.30. The van der Waals surface area contributed by atoms with Gasteiger partial charge in [0.2, 0.25) is 0 Å². The van der Waals surface area contributed by atoms with Crippen molar-refractivity contribution in [1.82, 2.24) is 19.1 Å². The highest BCUT2D eigenvalue weighted by Crippen LogP contribution is 2.36. The normalized spacial score (nSPS) is 11.4. The average Bonchev–Trinajstić information content (AvgIpc) is 3.63. The summed E-state index contributed by atoms with van der Waals surface area (Å²) in [6.45, 7) is 4.43. The molecular formula is C30H25F2N5OS. The van der Waals surface area contributed by atoms with E-state index in [1.165, 1.54) is 30.0 Å². The number of benzene rings is 3. The molecule has 196 valence electrons. The van der Waals surface area contributed by atoms with E-state index >= 15 is 0 Å². The molecule has 0 spiro atoms. The monoisotopic (exact) mass is 541 g/mol. The number of nitriles is 1. The number of nitrogens with zero attached hydrogens (tertiary/aromatic N) is 5. The van der Waals surface area contributed by atoms with E-state index in [1.54, 1.807) is 43.0 Å². The summed E-state index contributed by atoms with van der Waals surface area (Å²) in [5.41, 5.74) is 2.68. The maximum Gasteiger partial charge on any atom is 0.172 e. The van der Waals surface area contributed by atoms with Crippen LogP contribution in [0.25, 0.3) is 11.4 Å². The molecule has 0 saturated carbocycles. The molecule has 3 aromatic carbocycles. The first-order valence-electron chi connectivity index (χ1n) is 12.2. The van der Waals surface area contributed by atoms with E-state index in [-0.39, 0.29) is 11.4 Å². The van der Waals surface area contributed by atoms with E-state index in [2.05, 4.69) is 9.97 Å². The number of rotatable bonds is 9. The SMILES string of the molecule is CC(C)(c1ccc(F)c(C#N)c1)c1cnc(SCCOc2ccc(-n3ccnc3)cc2)n1-c1ccc(F)cc1. The first kappa shape index (κ1) is 26.2. The molecule has 0 unspecified atom stereocenters. The van der Waals surface area contributed by atoms with Gasteiger partial charge < -0.3 is 9.30 Å². The summed E-state index contributed by atoms with van der Waals surface area (Å²) in [6.07, 6.45) is 7.12. The minimum atomic E-state index is -0.632. The Hall–Kier alpha value is -4.42. The van der Waals surface area contributed by atoms with Gasteiger partial charge >= 0.3 is 0 Å². The number of imidazole rings is 2. The molecule has 0 saturated heterocycles. The molecule has 39 heavy (non-hydrogen) atoms. The molecule has 2 heterocycles. The zero-order chi connectivity index (χ0) is 27.4. The lowest BCUT2D eigenvalue weighted by Crippen LogP contribution is -2.23. The molecular weight excluding hydrogens is 516 g/mol. The van der Waals surface area contributed by atoms with E-state index in [4.69, 9.17) is 4.74 Å². The van der Waals surface area contributed by atoms with Crippen LogP contribution in [0.3, 0.4) is 0 Å². The molecule has 0 amide bonds. The van der Waals surface area contributed by atoms with Crippen LogP contribution >= 0.6 is 11.8 Å². The minimum absolute atomic E-state index is 0.0155. The van der Waals surface area contributed by atoms with Crippen molar-refractivity contribution in [2.24, 2.45) is 0 Å². The van der Waals surface area contributed by atoms with Gasteiger partial charge in [-0.1, -0.05) is 31.7 Å². The molecule has 5 rings (SSSR count). The Balaban J connectivity index is 1.36. The summed E-state index contributed by atoms with van der Waals surface area (Å²) < 4.78 is 37.6. The predicted octanol–water partition coefficient (Wildman–Crippen LogP) is 6.70. The van der Waals surface area contributed by atoms with E-state index in [0.29, 0.717) is 17.5 Å². The van der Waals surface area contributed by atoms with Gasteiger partial charge in [0.15, 0.2) is 5.16 Å². The number of thioether (sulfide) groups is 1. The number of aromatic nitrogens is 4. The van der Waals surface area contributed by atoms with Gasteiger partial charge in [0, 0.05) is 34.9 Å². The summed E-state index contributed by atoms with van der Waals surface area (Å²) in [5, 5.41) is 10.1. The van der Waals surface area contributed by atoms with Gasteiger partial charge in [0.05, 0.1) is 30.4 Å². The van der Waals surface area contributed by atoms with Crippen LogP contribution in [0.1, 0.15) is 30.7 Å². The number of hydrogen-bond acceptors (Lipinski definition) is 5. The van der Waals surface area contributed by atoms with Crippen molar-refractivity contribution in [1.29, 1.82) is 5.26 Å². The quantitative estimate of drug-likeness (QED) is 0.153. The van der Waals surface area contributed by atoms with Gasteiger partial charge in [-0.3, -0.25) is 4.57 Å². The Morgan fingerprint density at radius 2 is 1.74 bits per heavy atom. The Bertz CT molecular complexity index is 1610. The number of halogens is 2. The van der Waals surface area contributed by atoms with Crippen molar-refractivity contribution in [3.05, 3.63) is 120 Å². The van der Waals surface area contributed by atoms with Crippen LogP contribution in [-0.4, -0.2) is 31.5 Å². The molecule has 5 aromatic rings.